The lowest BCUT2D eigenvalue weighted by Crippen LogP contribution is -2.36. The molecule has 1 atom stereocenters. The summed E-state index contributed by atoms with van der Waals surface area (Å²) in [6.07, 6.45) is 1.09. The molecule has 10 heteroatoms. The third kappa shape index (κ3) is 4.63. The highest BCUT2D eigenvalue weighted by Gasteiger charge is 2.21. The van der Waals surface area contributed by atoms with Crippen LogP contribution in [0.2, 0.25) is 0 Å². The number of nitrogens with zero attached hydrogens (tertiary/aromatic N) is 2. The molecule has 2 heterocycles. The predicted molar refractivity (Wildman–Crippen MR) is 94.4 cm³/mol. The van der Waals surface area contributed by atoms with Crippen molar-refractivity contribution in [2.45, 2.75) is 32.7 Å². The molecule has 0 saturated heterocycles. The molecule has 2 amide bonds. The van der Waals surface area contributed by atoms with Gasteiger partial charge in [0.05, 0.1) is 11.3 Å². The lowest BCUT2D eigenvalue weighted by molar-refractivity contribution is -0.118. The Bertz CT molecular complexity index is 794. The number of carbonyl (C=O) groups is 2. The van der Waals surface area contributed by atoms with Crippen LogP contribution < -0.4 is 22.1 Å². The number of pyridine rings is 1. The van der Waals surface area contributed by atoms with Gasteiger partial charge in [-0.15, -0.1) is 0 Å². The van der Waals surface area contributed by atoms with Crippen LogP contribution in [0, 0.1) is 12.7 Å². The maximum Gasteiger partial charge on any atom is 0.252 e. The van der Waals surface area contributed by atoms with E-state index in [0.717, 1.165) is 23.3 Å². The predicted octanol–water partition coefficient (Wildman–Crippen LogP) is 1.89. The Labute approximate surface area is 148 Å². The Morgan fingerprint density at radius 3 is 2.56 bits per heavy atom. The first-order valence-corrected chi connectivity index (χ1v) is 8.35. The van der Waals surface area contributed by atoms with Crippen molar-refractivity contribution in [1.29, 1.82) is 0 Å². The number of aryl methyl sites for hydroxylation is 1. The Morgan fingerprint density at radius 1 is 1.32 bits per heavy atom. The zero-order valence-corrected chi connectivity index (χ0v) is 14.6. The fourth-order valence-corrected chi connectivity index (χ4v) is 2.81. The molecule has 2 rings (SSSR count). The number of rotatable bonds is 8. The molecule has 6 N–H and O–H groups in total. The van der Waals surface area contributed by atoms with Gasteiger partial charge in [-0.25, -0.2) is 9.37 Å². The number of anilines is 3. The second-order valence-electron chi connectivity index (χ2n) is 5.42. The van der Waals surface area contributed by atoms with Crippen LogP contribution in [0.25, 0.3) is 0 Å². The van der Waals surface area contributed by atoms with Gasteiger partial charge in [0, 0.05) is 0 Å². The fraction of sp³-hybridized carbons (Fsp3) is 0.333. The molecule has 0 aromatic carbocycles. The van der Waals surface area contributed by atoms with Crippen LogP contribution in [0.3, 0.4) is 0 Å². The maximum atomic E-state index is 14.3. The molecule has 0 aliphatic heterocycles. The van der Waals surface area contributed by atoms with E-state index in [0.29, 0.717) is 17.8 Å². The van der Waals surface area contributed by atoms with E-state index >= 15 is 0 Å². The molecule has 0 spiro atoms. The zero-order valence-electron chi connectivity index (χ0n) is 13.8. The van der Waals surface area contributed by atoms with Gasteiger partial charge in [0.15, 0.2) is 11.6 Å². The first-order valence-electron chi connectivity index (χ1n) is 7.58. The molecule has 2 aromatic heterocycles. The minimum Gasteiger partial charge on any atom is -0.368 e. The molecule has 0 unspecified atom stereocenters. The van der Waals surface area contributed by atoms with Crippen molar-refractivity contribution in [3.63, 3.8) is 0 Å². The summed E-state index contributed by atoms with van der Waals surface area (Å²) in [4.78, 5) is 27.1. The number of nitrogens with two attached hydrogens (primary N) is 2. The fourth-order valence-electron chi connectivity index (χ4n) is 2.15. The molecule has 0 aliphatic carbocycles. The molecule has 0 aliphatic rings. The Hall–Kier alpha value is -2.75. The van der Waals surface area contributed by atoms with Crippen LogP contribution in [0.4, 0.5) is 21.0 Å². The van der Waals surface area contributed by atoms with Crippen molar-refractivity contribution in [3.8, 4) is 0 Å². The zero-order chi connectivity index (χ0) is 18.6. The maximum absolute atomic E-state index is 14.3. The number of hydrogen-bond donors (Lipinski definition) is 4. The van der Waals surface area contributed by atoms with Crippen LogP contribution >= 0.6 is 11.5 Å². The van der Waals surface area contributed by atoms with Crippen LogP contribution in [0.1, 0.15) is 35.8 Å². The van der Waals surface area contributed by atoms with E-state index in [9.17, 15) is 14.0 Å². The van der Waals surface area contributed by atoms with E-state index in [1.54, 1.807) is 6.07 Å². The third-order valence-corrected chi connectivity index (χ3v) is 4.14. The molecule has 25 heavy (non-hydrogen) atoms. The number of primary amides is 2. The second-order valence-corrected chi connectivity index (χ2v) is 6.23. The molecule has 0 saturated carbocycles. The average Bonchev–Trinajstić information content (AvgIpc) is 2.94. The van der Waals surface area contributed by atoms with Crippen molar-refractivity contribution in [2.75, 3.05) is 10.6 Å². The summed E-state index contributed by atoms with van der Waals surface area (Å²) in [6.45, 7) is 3.68. The number of nitrogens with one attached hydrogen (secondary N) is 2. The van der Waals surface area contributed by atoms with E-state index in [1.165, 1.54) is 0 Å². The molecule has 8 nitrogen and oxygen atoms in total. The first-order chi connectivity index (χ1) is 11.8. The van der Waals surface area contributed by atoms with Gasteiger partial charge < -0.3 is 22.1 Å². The van der Waals surface area contributed by atoms with Gasteiger partial charge in [0.25, 0.3) is 5.91 Å². The van der Waals surface area contributed by atoms with Gasteiger partial charge in [0.1, 0.15) is 16.9 Å². The first kappa shape index (κ1) is 18.6. The van der Waals surface area contributed by atoms with Gasteiger partial charge >= 0.3 is 0 Å². The Morgan fingerprint density at radius 2 is 2.04 bits per heavy atom. The Kier molecular flexibility index (Phi) is 5.86. The lowest BCUT2D eigenvalue weighted by atomic mass is 10.1. The number of amides is 2. The number of aromatic nitrogens is 2. The minimum atomic E-state index is -0.832. The van der Waals surface area contributed by atoms with Crippen molar-refractivity contribution in [2.24, 2.45) is 11.5 Å². The highest BCUT2D eigenvalue weighted by Crippen LogP contribution is 2.26. The highest BCUT2D eigenvalue weighted by molar-refractivity contribution is 7.10. The van der Waals surface area contributed by atoms with Crippen LogP contribution in [0.15, 0.2) is 12.1 Å². The van der Waals surface area contributed by atoms with Gasteiger partial charge in [-0.05, 0) is 37.0 Å². The van der Waals surface area contributed by atoms with Gasteiger partial charge in [-0.2, -0.15) is 4.37 Å². The van der Waals surface area contributed by atoms with Crippen LogP contribution in [0.5, 0.6) is 0 Å². The Balaban J connectivity index is 2.39. The number of hydrogen-bond acceptors (Lipinski definition) is 7. The van der Waals surface area contributed by atoms with Crippen molar-refractivity contribution >= 4 is 40.0 Å². The summed E-state index contributed by atoms with van der Waals surface area (Å²) in [6, 6.07) is 1.94. The monoisotopic (exact) mass is 366 g/mol. The van der Waals surface area contributed by atoms with E-state index in [4.69, 9.17) is 11.5 Å². The summed E-state index contributed by atoms with van der Waals surface area (Å²) in [5, 5.41) is 6.19. The summed E-state index contributed by atoms with van der Waals surface area (Å²) in [7, 11) is 0. The SMILES string of the molecule is CCC[C@@H](Nc1nc(Nc2cc(C)ns2)c(C(N)=O)cc1F)C(N)=O. The molecular weight excluding hydrogens is 347 g/mol. The van der Waals surface area contributed by atoms with E-state index in [-0.39, 0.29) is 17.2 Å². The third-order valence-electron chi connectivity index (χ3n) is 3.34. The largest absolute Gasteiger partial charge is 0.368 e. The van der Waals surface area contributed by atoms with Gasteiger partial charge in [-0.3, -0.25) is 9.59 Å². The average molecular weight is 366 g/mol. The smallest absolute Gasteiger partial charge is 0.252 e. The van der Waals surface area contributed by atoms with Crippen molar-refractivity contribution in [1.82, 2.24) is 9.36 Å². The van der Waals surface area contributed by atoms with Crippen LogP contribution in [-0.4, -0.2) is 27.2 Å². The molecule has 134 valence electrons. The van der Waals surface area contributed by atoms with Crippen molar-refractivity contribution in [3.05, 3.63) is 29.2 Å². The number of carbonyl (C=O) groups excluding carboxylic acids is 2. The summed E-state index contributed by atoms with van der Waals surface area (Å²) < 4.78 is 18.4. The van der Waals surface area contributed by atoms with Crippen LogP contribution in [-0.2, 0) is 4.79 Å². The van der Waals surface area contributed by atoms with E-state index in [1.807, 2.05) is 13.8 Å². The van der Waals surface area contributed by atoms with E-state index < -0.39 is 23.7 Å². The number of halogens is 1. The quantitative estimate of drug-likeness (QED) is 0.563. The summed E-state index contributed by atoms with van der Waals surface area (Å²) in [5.74, 6) is -2.37. The lowest BCUT2D eigenvalue weighted by Gasteiger charge is -2.17. The molecule has 0 fully saturated rings. The summed E-state index contributed by atoms with van der Waals surface area (Å²) >= 11 is 1.16. The minimum absolute atomic E-state index is 0.0692. The molecular formula is C15H19FN6O2S. The summed E-state index contributed by atoms with van der Waals surface area (Å²) in [5.41, 5.74) is 11.3. The van der Waals surface area contributed by atoms with E-state index in [2.05, 4.69) is 20.0 Å². The van der Waals surface area contributed by atoms with Gasteiger partial charge in [0.2, 0.25) is 5.91 Å². The normalized spacial score (nSPS) is 11.8. The molecule has 0 radical (unpaired) electrons. The molecule has 0 bridgehead atoms. The van der Waals surface area contributed by atoms with Gasteiger partial charge in [-0.1, -0.05) is 13.3 Å². The molecule has 2 aromatic rings. The highest BCUT2D eigenvalue weighted by atomic mass is 32.1. The topological polar surface area (TPSA) is 136 Å². The second kappa shape index (κ2) is 7.88. The van der Waals surface area contributed by atoms with Crippen molar-refractivity contribution < 1.29 is 14.0 Å². The standard InChI is InChI=1S/C15H19FN6O2S/c1-3-4-10(13(18)24)19-15-9(16)6-8(12(17)23)14(21-15)20-11-5-7(2)22-25-11/h5-6,10H,3-4H2,1-2H3,(H2,17,23)(H2,18,24)(H2,19,20,21)/t10-/m1/s1.